The van der Waals surface area contributed by atoms with Crippen molar-refractivity contribution in [3.05, 3.63) is 70.3 Å². The van der Waals surface area contributed by atoms with E-state index in [2.05, 4.69) is 71.0 Å². The van der Waals surface area contributed by atoms with Crippen molar-refractivity contribution in [1.82, 2.24) is 0 Å². The third-order valence-corrected chi connectivity index (χ3v) is 7.75. The van der Waals surface area contributed by atoms with E-state index in [9.17, 15) is 9.90 Å². The van der Waals surface area contributed by atoms with Crippen LogP contribution in [-0.4, -0.2) is 29.4 Å². The van der Waals surface area contributed by atoms with Crippen molar-refractivity contribution < 1.29 is 19.4 Å². The summed E-state index contributed by atoms with van der Waals surface area (Å²) in [7, 11) is 0. The van der Waals surface area contributed by atoms with Crippen molar-refractivity contribution in [3.8, 4) is 5.75 Å². The number of aryl methyl sites for hydroxylation is 2. The van der Waals surface area contributed by atoms with Gasteiger partial charge in [-0.15, -0.1) is 0 Å². The predicted octanol–water partition coefficient (Wildman–Crippen LogP) is 8.08. The third kappa shape index (κ3) is 7.95. The maximum atomic E-state index is 11.2. The molecule has 1 N–H and O–H groups in total. The second kappa shape index (κ2) is 13.8. The molecule has 0 fully saturated rings. The molecule has 4 nitrogen and oxygen atoms in total. The Morgan fingerprint density at radius 3 is 2.11 bits per heavy atom. The lowest BCUT2D eigenvalue weighted by Crippen LogP contribution is -2.26. The second-order valence-electron chi connectivity index (χ2n) is 10.5. The van der Waals surface area contributed by atoms with E-state index in [0.29, 0.717) is 6.61 Å². The van der Waals surface area contributed by atoms with Gasteiger partial charge in [0.25, 0.3) is 0 Å². The summed E-state index contributed by atoms with van der Waals surface area (Å²) in [6.45, 7) is 16.5. The molecular formula is C33H48O4. The highest BCUT2D eigenvalue weighted by atomic mass is 16.6. The summed E-state index contributed by atoms with van der Waals surface area (Å²) in [5.74, 6) is 0.514. The average Bonchev–Trinajstić information content (AvgIpc) is 2.87. The van der Waals surface area contributed by atoms with Gasteiger partial charge in [0.05, 0.1) is 5.60 Å². The first-order chi connectivity index (χ1) is 17.5. The topological polar surface area (TPSA) is 55.8 Å². The lowest BCUT2D eigenvalue weighted by molar-refractivity contribution is -0.146. The molecule has 204 valence electrons. The van der Waals surface area contributed by atoms with E-state index >= 15 is 0 Å². The molecule has 2 aromatic carbocycles. The number of ether oxygens (including phenoxy) is 2. The molecule has 0 bridgehead atoms. The summed E-state index contributed by atoms with van der Waals surface area (Å²) in [5.41, 5.74) is 5.17. The maximum absolute atomic E-state index is 11.2. The number of esters is 1. The number of benzene rings is 2. The highest BCUT2D eigenvalue weighted by Gasteiger charge is 2.31. The fourth-order valence-corrected chi connectivity index (χ4v) is 5.13. The summed E-state index contributed by atoms with van der Waals surface area (Å²) < 4.78 is 11.1. The van der Waals surface area contributed by atoms with Crippen LogP contribution in [0.1, 0.15) is 108 Å². The molecule has 0 spiro atoms. The zero-order chi connectivity index (χ0) is 27.6. The average molecular weight is 509 g/mol. The van der Waals surface area contributed by atoms with Crippen LogP contribution in [0.25, 0.3) is 6.08 Å². The first-order valence-corrected chi connectivity index (χ1v) is 14.0. The molecule has 0 aromatic heterocycles. The number of unbranched alkanes of at least 4 members (excludes halogenated alkanes) is 1. The molecule has 0 heterocycles. The first-order valence-electron chi connectivity index (χ1n) is 14.0. The Hall–Kier alpha value is -2.59. The Balaban J connectivity index is 2.33. The fraction of sp³-hybridized carbons (Fsp3) is 0.545. The van der Waals surface area contributed by atoms with Crippen molar-refractivity contribution in [1.29, 1.82) is 0 Å². The fourth-order valence-electron chi connectivity index (χ4n) is 5.13. The third-order valence-electron chi connectivity index (χ3n) is 7.75. The smallest absolute Gasteiger partial charge is 0.303 e. The van der Waals surface area contributed by atoms with Gasteiger partial charge in [-0.2, -0.15) is 0 Å². The maximum Gasteiger partial charge on any atom is 0.303 e. The van der Waals surface area contributed by atoms with Crippen LogP contribution in [0, 0.1) is 13.8 Å². The van der Waals surface area contributed by atoms with Gasteiger partial charge >= 0.3 is 5.97 Å². The van der Waals surface area contributed by atoms with E-state index in [1.165, 1.54) is 23.6 Å². The van der Waals surface area contributed by atoms with Crippen LogP contribution in [0.4, 0.5) is 0 Å². The van der Waals surface area contributed by atoms with Crippen molar-refractivity contribution >= 4 is 12.0 Å². The van der Waals surface area contributed by atoms with Crippen molar-refractivity contribution in [2.24, 2.45) is 0 Å². The monoisotopic (exact) mass is 508 g/mol. The number of carbonyl (C=O) groups excluding carboxylic acids is 1. The van der Waals surface area contributed by atoms with E-state index in [1.54, 1.807) is 0 Å². The Morgan fingerprint density at radius 2 is 1.59 bits per heavy atom. The molecule has 2 unspecified atom stereocenters. The summed E-state index contributed by atoms with van der Waals surface area (Å²) in [6.07, 6.45) is 9.37. The van der Waals surface area contributed by atoms with Gasteiger partial charge in [0, 0.05) is 12.3 Å². The molecule has 4 heteroatoms. The summed E-state index contributed by atoms with van der Waals surface area (Å²) >= 11 is 0. The Morgan fingerprint density at radius 1 is 0.973 bits per heavy atom. The van der Waals surface area contributed by atoms with Gasteiger partial charge in [-0.1, -0.05) is 83.0 Å². The molecule has 2 aromatic rings. The molecule has 2 rings (SSSR count). The van der Waals surface area contributed by atoms with Crippen molar-refractivity contribution in [2.45, 2.75) is 111 Å². The Labute approximate surface area is 225 Å². The minimum Gasteiger partial charge on any atom is -0.489 e. The van der Waals surface area contributed by atoms with E-state index in [0.717, 1.165) is 55.4 Å². The molecule has 0 radical (unpaired) electrons. The summed E-state index contributed by atoms with van der Waals surface area (Å²) in [4.78, 5) is 11.2. The van der Waals surface area contributed by atoms with E-state index < -0.39 is 5.60 Å². The quantitative estimate of drug-likeness (QED) is 0.262. The van der Waals surface area contributed by atoms with Gasteiger partial charge in [0.15, 0.2) is 0 Å². The SMILES string of the molecule is CCCCC(O)(/C=C/c1ccc(C(CC)(CC)c2ccc(OCC(C)OC(C)=O)c(C)c2)cc1C)CC. The Kier molecular flexibility index (Phi) is 11.4. The molecule has 0 aliphatic carbocycles. The van der Waals surface area contributed by atoms with Crippen LogP contribution < -0.4 is 4.74 Å². The number of aliphatic hydroxyl groups is 1. The standard InChI is InChI=1S/C33H48O4/c1-9-13-19-32(35,10-2)20-18-28-14-15-29(21-24(28)5)33(11-3,12-4)30-16-17-31(25(6)22-30)36-23-26(7)37-27(8)34/h14-18,20-22,26,35H,9-13,19,23H2,1-8H3/b20-18+. The van der Waals surface area contributed by atoms with E-state index in [-0.39, 0.29) is 17.5 Å². The molecule has 37 heavy (non-hydrogen) atoms. The zero-order valence-electron chi connectivity index (χ0n) is 24.3. The normalized spacial score (nSPS) is 14.4. The zero-order valence-corrected chi connectivity index (χ0v) is 24.3. The molecule has 0 aliphatic heterocycles. The van der Waals surface area contributed by atoms with Gasteiger partial charge in [-0.3, -0.25) is 4.79 Å². The van der Waals surface area contributed by atoms with Gasteiger partial charge in [0.1, 0.15) is 18.5 Å². The van der Waals surface area contributed by atoms with Crippen LogP contribution in [0.15, 0.2) is 42.5 Å². The van der Waals surface area contributed by atoms with E-state index in [1.807, 2.05) is 26.0 Å². The summed E-state index contributed by atoms with van der Waals surface area (Å²) in [6, 6.07) is 13.2. The lowest BCUT2D eigenvalue weighted by atomic mass is 9.70. The van der Waals surface area contributed by atoms with Gasteiger partial charge in [-0.25, -0.2) is 0 Å². The predicted molar refractivity (Wildman–Crippen MR) is 154 cm³/mol. The molecule has 0 saturated heterocycles. The van der Waals surface area contributed by atoms with Gasteiger partial charge in [-0.05, 0) is 80.3 Å². The molecular weight excluding hydrogens is 460 g/mol. The summed E-state index contributed by atoms with van der Waals surface area (Å²) in [5, 5.41) is 10.9. The number of hydrogen-bond donors (Lipinski definition) is 1. The number of rotatable bonds is 14. The molecule has 2 atom stereocenters. The minimum absolute atomic E-state index is 0.105. The van der Waals surface area contributed by atoms with Crippen molar-refractivity contribution in [3.63, 3.8) is 0 Å². The van der Waals surface area contributed by atoms with E-state index in [4.69, 9.17) is 9.47 Å². The van der Waals surface area contributed by atoms with Crippen molar-refractivity contribution in [2.75, 3.05) is 6.61 Å². The minimum atomic E-state index is -0.741. The number of carbonyl (C=O) groups is 1. The van der Waals surface area contributed by atoms with Gasteiger partial charge < -0.3 is 14.6 Å². The first kappa shape index (κ1) is 30.6. The number of hydrogen-bond acceptors (Lipinski definition) is 4. The van der Waals surface area contributed by atoms with Crippen LogP contribution in [-0.2, 0) is 14.9 Å². The molecule has 0 aliphatic rings. The van der Waals surface area contributed by atoms with Crippen LogP contribution in [0.2, 0.25) is 0 Å². The Bertz CT molecular complexity index is 1050. The highest BCUT2D eigenvalue weighted by molar-refractivity contribution is 5.66. The second-order valence-corrected chi connectivity index (χ2v) is 10.5. The van der Waals surface area contributed by atoms with Gasteiger partial charge in [0.2, 0.25) is 0 Å². The van der Waals surface area contributed by atoms with Crippen LogP contribution in [0.3, 0.4) is 0 Å². The lowest BCUT2D eigenvalue weighted by Gasteiger charge is -2.34. The molecule has 0 saturated carbocycles. The van der Waals surface area contributed by atoms with Crippen LogP contribution >= 0.6 is 0 Å². The largest absolute Gasteiger partial charge is 0.489 e. The molecule has 0 amide bonds. The highest BCUT2D eigenvalue weighted by Crippen LogP contribution is 2.41. The van der Waals surface area contributed by atoms with Crippen LogP contribution in [0.5, 0.6) is 5.75 Å².